The Bertz CT molecular complexity index is 906. The maximum atomic E-state index is 13.0. The summed E-state index contributed by atoms with van der Waals surface area (Å²) in [7, 11) is 1.98. The van der Waals surface area contributed by atoms with Gasteiger partial charge in [0.2, 0.25) is 0 Å². The van der Waals surface area contributed by atoms with Gasteiger partial charge in [-0.3, -0.25) is 4.79 Å². The number of anilines is 1. The molecule has 1 amide bonds. The van der Waals surface area contributed by atoms with Crippen molar-refractivity contribution in [2.45, 2.75) is 6.92 Å². The van der Waals surface area contributed by atoms with Gasteiger partial charge in [0.1, 0.15) is 5.69 Å². The summed E-state index contributed by atoms with van der Waals surface area (Å²) in [5.74, 6) is 0.129. The van der Waals surface area contributed by atoms with E-state index in [4.69, 9.17) is 0 Å². The second kappa shape index (κ2) is 6.28. The van der Waals surface area contributed by atoms with Crippen LogP contribution in [0.15, 0.2) is 54.6 Å². The number of rotatable bonds is 2. The van der Waals surface area contributed by atoms with Crippen LogP contribution in [0.3, 0.4) is 0 Å². The van der Waals surface area contributed by atoms with Gasteiger partial charge in [-0.05, 0) is 37.3 Å². The number of nitrogens with zero attached hydrogens (tertiary/aromatic N) is 3. The number of para-hydroxylation sites is 1. The summed E-state index contributed by atoms with van der Waals surface area (Å²) < 4.78 is 2.01. The lowest BCUT2D eigenvalue weighted by Crippen LogP contribution is -2.49. The standard InChI is InChI=1S/C21H23N3O/c1-16-8-9-19-17(14-16)15-20(22(19)2)21(25)24-12-10-23(11-13-24)18-6-4-3-5-7-18/h3-9,14-15H,10-13H2,1-2H3. The number of carbonyl (C=O) groups is 1. The van der Waals surface area contributed by atoms with Crippen LogP contribution in [0.4, 0.5) is 5.69 Å². The van der Waals surface area contributed by atoms with Gasteiger partial charge in [-0.2, -0.15) is 0 Å². The quantitative estimate of drug-likeness (QED) is 0.719. The predicted molar refractivity (Wildman–Crippen MR) is 102 cm³/mol. The molecule has 2 heterocycles. The molecule has 1 fully saturated rings. The molecule has 2 aromatic carbocycles. The van der Waals surface area contributed by atoms with E-state index in [-0.39, 0.29) is 5.91 Å². The minimum atomic E-state index is 0.129. The second-order valence-corrected chi connectivity index (χ2v) is 6.77. The highest BCUT2D eigenvalue weighted by molar-refractivity contribution is 5.99. The van der Waals surface area contributed by atoms with Crippen molar-refractivity contribution in [2.75, 3.05) is 31.1 Å². The van der Waals surface area contributed by atoms with E-state index < -0.39 is 0 Å². The summed E-state index contributed by atoms with van der Waals surface area (Å²) in [6.45, 7) is 5.34. The topological polar surface area (TPSA) is 28.5 Å². The Morgan fingerprint density at radius 3 is 2.36 bits per heavy atom. The van der Waals surface area contributed by atoms with Gasteiger partial charge in [0, 0.05) is 49.8 Å². The van der Waals surface area contributed by atoms with E-state index in [1.807, 2.05) is 28.6 Å². The first kappa shape index (κ1) is 15.8. The maximum Gasteiger partial charge on any atom is 0.270 e. The summed E-state index contributed by atoms with van der Waals surface area (Å²) in [6, 6.07) is 18.8. The van der Waals surface area contributed by atoms with Crippen molar-refractivity contribution >= 4 is 22.5 Å². The molecule has 0 radical (unpaired) electrons. The molecule has 1 saturated heterocycles. The van der Waals surface area contributed by atoms with Gasteiger partial charge in [0.25, 0.3) is 5.91 Å². The van der Waals surface area contributed by atoms with E-state index in [0.717, 1.165) is 42.8 Å². The number of hydrogen-bond acceptors (Lipinski definition) is 2. The molecule has 128 valence electrons. The zero-order valence-electron chi connectivity index (χ0n) is 14.8. The van der Waals surface area contributed by atoms with Gasteiger partial charge in [0.15, 0.2) is 0 Å². The highest BCUT2D eigenvalue weighted by Crippen LogP contribution is 2.22. The van der Waals surface area contributed by atoms with E-state index in [2.05, 4.69) is 54.3 Å². The van der Waals surface area contributed by atoms with Crippen LogP contribution in [0.1, 0.15) is 16.1 Å². The first-order valence-corrected chi connectivity index (χ1v) is 8.79. The molecule has 0 saturated carbocycles. The Kier molecular flexibility index (Phi) is 3.96. The van der Waals surface area contributed by atoms with E-state index in [1.54, 1.807) is 0 Å². The average Bonchev–Trinajstić information content (AvgIpc) is 2.98. The molecule has 1 aromatic heterocycles. The van der Waals surface area contributed by atoms with Crippen molar-refractivity contribution in [2.24, 2.45) is 7.05 Å². The van der Waals surface area contributed by atoms with Crippen LogP contribution < -0.4 is 4.90 Å². The summed E-state index contributed by atoms with van der Waals surface area (Å²) >= 11 is 0. The summed E-state index contributed by atoms with van der Waals surface area (Å²) in [4.78, 5) is 17.3. The molecule has 4 nitrogen and oxygen atoms in total. The lowest BCUT2D eigenvalue weighted by molar-refractivity contribution is 0.0737. The van der Waals surface area contributed by atoms with E-state index in [9.17, 15) is 4.79 Å². The third-order valence-electron chi connectivity index (χ3n) is 5.11. The molecule has 1 aliphatic heterocycles. The molecule has 0 unspecified atom stereocenters. The molecule has 1 aliphatic rings. The lowest BCUT2D eigenvalue weighted by Gasteiger charge is -2.36. The fourth-order valence-corrected chi connectivity index (χ4v) is 3.64. The molecule has 0 bridgehead atoms. The fourth-order valence-electron chi connectivity index (χ4n) is 3.64. The van der Waals surface area contributed by atoms with Gasteiger partial charge >= 0.3 is 0 Å². The SMILES string of the molecule is Cc1ccc2c(c1)cc(C(=O)N1CCN(c3ccccc3)CC1)n2C. The molecular formula is C21H23N3O. The number of hydrogen-bond donors (Lipinski definition) is 0. The Labute approximate surface area is 148 Å². The molecule has 0 aliphatic carbocycles. The summed E-state index contributed by atoms with van der Waals surface area (Å²) in [5.41, 5.74) is 4.33. The van der Waals surface area contributed by atoms with E-state index in [0.29, 0.717) is 0 Å². The monoisotopic (exact) mass is 333 g/mol. The number of piperazine rings is 1. The predicted octanol–water partition coefficient (Wildman–Crippen LogP) is 3.45. The van der Waals surface area contributed by atoms with Crippen molar-refractivity contribution in [1.29, 1.82) is 0 Å². The molecule has 4 rings (SSSR count). The van der Waals surface area contributed by atoms with E-state index >= 15 is 0 Å². The van der Waals surface area contributed by atoms with Gasteiger partial charge < -0.3 is 14.4 Å². The van der Waals surface area contributed by atoms with Gasteiger partial charge in [-0.15, -0.1) is 0 Å². The zero-order chi connectivity index (χ0) is 17.4. The number of amides is 1. The first-order valence-electron chi connectivity index (χ1n) is 8.79. The molecule has 3 aromatic rings. The third kappa shape index (κ3) is 2.88. The number of benzene rings is 2. The number of aromatic nitrogens is 1. The van der Waals surface area contributed by atoms with Crippen LogP contribution in [0.25, 0.3) is 10.9 Å². The van der Waals surface area contributed by atoms with Crippen LogP contribution in [-0.4, -0.2) is 41.6 Å². The summed E-state index contributed by atoms with van der Waals surface area (Å²) in [6.07, 6.45) is 0. The van der Waals surface area contributed by atoms with Crippen molar-refractivity contribution in [3.05, 3.63) is 65.9 Å². The van der Waals surface area contributed by atoms with Gasteiger partial charge in [0.05, 0.1) is 0 Å². The zero-order valence-corrected chi connectivity index (χ0v) is 14.8. The van der Waals surface area contributed by atoms with Crippen LogP contribution in [0.2, 0.25) is 0 Å². The normalized spacial score (nSPS) is 15.0. The van der Waals surface area contributed by atoms with Crippen LogP contribution >= 0.6 is 0 Å². The van der Waals surface area contributed by atoms with Crippen LogP contribution in [-0.2, 0) is 7.05 Å². The number of aryl methyl sites for hydroxylation is 2. The smallest absolute Gasteiger partial charge is 0.270 e. The highest BCUT2D eigenvalue weighted by Gasteiger charge is 2.24. The molecular weight excluding hydrogens is 310 g/mol. The number of carbonyl (C=O) groups excluding carboxylic acids is 1. The van der Waals surface area contributed by atoms with Crippen molar-refractivity contribution < 1.29 is 4.79 Å². The Morgan fingerprint density at radius 1 is 0.920 bits per heavy atom. The lowest BCUT2D eigenvalue weighted by atomic mass is 10.2. The van der Waals surface area contributed by atoms with Crippen molar-refractivity contribution in [3.8, 4) is 0 Å². The van der Waals surface area contributed by atoms with Crippen LogP contribution in [0, 0.1) is 6.92 Å². The Morgan fingerprint density at radius 2 is 1.64 bits per heavy atom. The Balaban J connectivity index is 1.52. The molecule has 25 heavy (non-hydrogen) atoms. The largest absolute Gasteiger partial charge is 0.368 e. The first-order chi connectivity index (χ1) is 12.1. The number of fused-ring (bicyclic) bond motifs is 1. The Hall–Kier alpha value is -2.75. The fraction of sp³-hybridized carbons (Fsp3) is 0.286. The molecule has 0 spiro atoms. The van der Waals surface area contributed by atoms with Crippen LogP contribution in [0.5, 0.6) is 0 Å². The van der Waals surface area contributed by atoms with E-state index in [1.165, 1.54) is 11.3 Å². The minimum Gasteiger partial charge on any atom is -0.368 e. The maximum absolute atomic E-state index is 13.0. The third-order valence-corrected chi connectivity index (χ3v) is 5.11. The van der Waals surface area contributed by atoms with Crippen molar-refractivity contribution in [1.82, 2.24) is 9.47 Å². The van der Waals surface area contributed by atoms with Crippen molar-refractivity contribution in [3.63, 3.8) is 0 Å². The highest BCUT2D eigenvalue weighted by atomic mass is 16.2. The molecule has 0 atom stereocenters. The average molecular weight is 333 g/mol. The molecule has 0 N–H and O–H groups in total. The second-order valence-electron chi connectivity index (χ2n) is 6.77. The molecule has 4 heteroatoms. The summed E-state index contributed by atoms with van der Waals surface area (Å²) in [5, 5.41) is 1.13. The minimum absolute atomic E-state index is 0.129. The van der Waals surface area contributed by atoms with Gasteiger partial charge in [-0.1, -0.05) is 29.8 Å². The van der Waals surface area contributed by atoms with Gasteiger partial charge in [-0.25, -0.2) is 0 Å².